The van der Waals surface area contributed by atoms with Crippen molar-refractivity contribution >= 4 is 0 Å². The zero-order valence-corrected chi connectivity index (χ0v) is 9.76. The summed E-state index contributed by atoms with van der Waals surface area (Å²) in [4.78, 5) is 0. The molecule has 1 fully saturated rings. The van der Waals surface area contributed by atoms with Gasteiger partial charge in [-0.05, 0) is 58.3 Å². The molecule has 15 heavy (non-hydrogen) atoms. The van der Waals surface area contributed by atoms with Crippen molar-refractivity contribution < 1.29 is 5.11 Å². The first-order chi connectivity index (χ1) is 7.02. The van der Waals surface area contributed by atoms with E-state index < -0.39 is 5.60 Å². The summed E-state index contributed by atoms with van der Waals surface area (Å²) in [7, 11) is 0. The van der Waals surface area contributed by atoms with Crippen LogP contribution in [0.1, 0.15) is 58.3 Å². The molecule has 2 aliphatic carbocycles. The second-order valence-electron chi connectivity index (χ2n) is 5.73. The zero-order valence-electron chi connectivity index (χ0n) is 9.76. The van der Waals surface area contributed by atoms with E-state index in [-0.39, 0.29) is 5.54 Å². The molecule has 86 valence electrons. The van der Waals surface area contributed by atoms with Crippen molar-refractivity contribution in [2.45, 2.75) is 69.4 Å². The summed E-state index contributed by atoms with van der Waals surface area (Å²) in [5.41, 5.74) is 7.22. The summed E-state index contributed by atoms with van der Waals surface area (Å²) >= 11 is 0. The van der Waals surface area contributed by atoms with Crippen LogP contribution in [-0.2, 0) is 0 Å². The van der Waals surface area contributed by atoms with E-state index in [2.05, 4.69) is 13.0 Å². The highest BCUT2D eigenvalue weighted by atomic mass is 16.3. The van der Waals surface area contributed by atoms with Gasteiger partial charge in [0.15, 0.2) is 0 Å². The predicted octanol–water partition coefficient (Wildman–Crippen LogP) is 2.51. The molecule has 0 aromatic heterocycles. The second-order valence-corrected chi connectivity index (χ2v) is 5.73. The van der Waals surface area contributed by atoms with E-state index in [1.54, 1.807) is 0 Å². The molecule has 2 nitrogen and oxygen atoms in total. The molecule has 2 unspecified atom stereocenters. The number of rotatable bonds is 0. The lowest BCUT2D eigenvalue weighted by atomic mass is 9.71. The lowest BCUT2D eigenvalue weighted by molar-refractivity contribution is -0.0306. The van der Waals surface area contributed by atoms with Gasteiger partial charge in [0.25, 0.3) is 0 Å². The van der Waals surface area contributed by atoms with Gasteiger partial charge in [0.2, 0.25) is 0 Å². The monoisotopic (exact) mass is 209 g/mol. The minimum Gasteiger partial charge on any atom is -0.390 e. The summed E-state index contributed by atoms with van der Waals surface area (Å²) in [6.45, 7) is 2.18. The molecular formula is C13H23NO. The van der Waals surface area contributed by atoms with E-state index in [0.29, 0.717) is 0 Å². The van der Waals surface area contributed by atoms with Crippen LogP contribution in [0.2, 0.25) is 0 Å². The van der Waals surface area contributed by atoms with Gasteiger partial charge in [0, 0.05) is 5.54 Å². The molecule has 2 bridgehead atoms. The number of hydrogen-bond donors (Lipinski definition) is 2. The molecule has 0 heterocycles. The van der Waals surface area contributed by atoms with Crippen LogP contribution in [0.3, 0.4) is 0 Å². The first kappa shape index (κ1) is 11.2. The summed E-state index contributed by atoms with van der Waals surface area (Å²) in [6.07, 6.45) is 10.3. The molecule has 0 radical (unpaired) electrons. The average Bonchev–Trinajstić information content (AvgIpc) is 2.16. The normalized spacial score (nSPS) is 45.9. The Morgan fingerprint density at radius 2 is 2.00 bits per heavy atom. The minimum absolute atomic E-state index is 0.140. The van der Waals surface area contributed by atoms with Gasteiger partial charge >= 0.3 is 0 Å². The maximum Gasteiger partial charge on any atom is 0.0665 e. The Bertz CT molecular complexity index is 274. The number of hydrogen-bond acceptors (Lipinski definition) is 2. The third-order valence-electron chi connectivity index (χ3n) is 4.07. The van der Waals surface area contributed by atoms with Crippen molar-refractivity contribution in [3.8, 4) is 0 Å². The Kier molecular flexibility index (Phi) is 2.91. The first-order valence-corrected chi connectivity index (χ1v) is 6.18. The van der Waals surface area contributed by atoms with Crippen molar-refractivity contribution in [3.05, 3.63) is 11.6 Å². The van der Waals surface area contributed by atoms with E-state index in [0.717, 1.165) is 51.4 Å². The van der Waals surface area contributed by atoms with Crippen LogP contribution in [0, 0.1) is 0 Å². The molecule has 2 atom stereocenters. The van der Waals surface area contributed by atoms with Crippen LogP contribution in [0.4, 0.5) is 0 Å². The fourth-order valence-electron chi connectivity index (χ4n) is 3.17. The van der Waals surface area contributed by atoms with Gasteiger partial charge in [-0.25, -0.2) is 0 Å². The van der Waals surface area contributed by atoms with Crippen molar-refractivity contribution in [3.63, 3.8) is 0 Å². The largest absolute Gasteiger partial charge is 0.390 e. The SMILES string of the molecule is C/C1=C\CC2(N)CCCC(O)(CCC1)C2. The van der Waals surface area contributed by atoms with E-state index in [4.69, 9.17) is 5.73 Å². The third kappa shape index (κ3) is 2.61. The highest BCUT2D eigenvalue weighted by Crippen LogP contribution is 2.40. The predicted molar refractivity (Wildman–Crippen MR) is 62.6 cm³/mol. The van der Waals surface area contributed by atoms with Crippen molar-refractivity contribution in [1.82, 2.24) is 0 Å². The van der Waals surface area contributed by atoms with Crippen LogP contribution in [-0.4, -0.2) is 16.2 Å². The number of allylic oxidation sites excluding steroid dienone is 1. The van der Waals surface area contributed by atoms with Crippen LogP contribution < -0.4 is 5.73 Å². The van der Waals surface area contributed by atoms with Crippen LogP contribution in [0.15, 0.2) is 11.6 Å². The van der Waals surface area contributed by atoms with E-state index >= 15 is 0 Å². The molecule has 0 spiro atoms. The summed E-state index contributed by atoms with van der Waals surface area (Å²) in [5, 5.41) is 10.5. The Morgan fingerprint density at radius 3 is 2.80 bits per heavy atom. The quantitative estimate of drug-likeness (QED) is 0.602. The van der Waals surface area contributed by atoms with Gasteiger partial charge in [-0.1, -0.05) is 11.6 Å². The van der Waals surface area contributed by atoms with E-state index in [9.17, 15) is 5.11 Å². The molecule has 2 aliphatic rings. The Labute approximate surface area is 92.6 Å². The molecule has 0 aromatic rings. The second kappa shape index (κ2) is 3.91. The zero-order chi connectivity index (χ0) is 10.9. The maximum absolute atomic E-state index is 10.5. The van der Waals surface area contributed by atoms with Crippen LogP contribution in [0.25, 0.3) is 0 Å². The smallest absolute Gasteiger partial charge is 0.0665 e. The topological polar surface area (TPSA) is 46.2 Å². The molecule has 0 amide bonds. The molecule has 1 saturated carbocycles. The van der Waals surface area contributed by atoms with Crippen LogP contribution >= 0.6 is 0 Å². The van der Waals surface area contributed by atoms with Crippen LogP contribution in [0.5, 0.6) is 0 Å². The van der Waals surface area contributed by atoms with Gasteiger partial charge in [0.1, 0.15) is 0 Å². The Hall–Kier alpha value is -0.340. The highest BCUT2D eigenvalue weighted by molar-refractivity contribution is 5.08. The summed E-state index contributed by atoms with van der Waals surface area (Å²) < 4.78 is 0. The van der Waals surface area contributed by atoms with Gasteiger partial charge in [-0.3, -0.25) is 0 Å². The summed E-state index contributed by atoms with van der Waals surface area (Å²) in [6, 6.07) is 0. The van der Waals surface area contributed by atoms with Crippen molar-refractivity contribution in [2.24, 2.45) is 5.73 Å². The van der Waals surface area contributed by atoms with Gasteiger partial charge in [-0.15, -0.1) is 0 Å². The first-order valence-electron chi connectivity index (χ1n) is 6.18. The molecule has 2 heteroatoms. The number of aliphatic hydroxyl groups is 1. The Morgan fingerprint density at radius 1 is 1.27 bits per heavy atom. The van der Waals surface area contributed by atoms with E-state index in [1.807, 2.05) is 0 Å². The Balaban J connectivity index is 2.18. The molecule has 3 N–H and O–H groups in total. The fourth-order valence-corrected chi connectivity index (χ4v) is 3.17. The lowest BCUT2D eigenvalue weighted by Gasteiger charge is -2.42. The summed E-state index contributed by atoms with van der Waals surface area (Å²) in [5.74, 6) is 0. The van der Waals surface area contributed by atoms with Gasteiger partial charge in [0.05, 0.1) is 5.60 Å². The molecule has 2 rings (SSSR count). The van der Waals surface area contributed by atoms with Crippen molar-refractivity contribution in [2.75, 3.05) is 0 Å². The van der Waals surface area contributed by atoms with Crippen molar-refractivity contribution in [1.29, 1.82) is 0 Å². The van der Waals surface area contributed by atoms with Gasteiger partial charge < -0.3 is 10.8 Å². The standard InChI is InChI=1S/C13H23NO/c1-11-4-2-7-13(15)8-3-6-12(14,10-13)9-5-11/h5,15H,2-4,6-10,14H2,1H3/b11-5+. The molecule has 0 aliphatic heterocycles. The minimum atomic E-state index is -0.467. The number of nitrogens with two attached hydrogens (primary N) is 1. The molecule has 0 saturated heterocycles. The third-order valence-corrected chi connectivity index (χ3v) is 4.07. The average molecular weight is 209 g/mol. The lowest BCUT2D eigenvalue weighted by Crippen LogP contribution is -2.51. The molecule has 0 aromatic carbocycles. The van der Waals surface area contributed by atoms with E-state index in [1.165, 1.54) is 5.57 Å². The fraction of sp³-hybridized carbons (Fsp3) is 0.846. The molecular weight excluding hydrogens is 186 g/mol. The maximum atomic E-state index is 10.5. The van der Waals surface area contributed by atoms with Gasteiger partial charge in [-0.2, -0.15) is 0 Å². The number of fused-ring (bicyclic) bond motifs is 2. The highest BCUT2D eigenvalue weighted by Gasteiger charge is 2.40.